The van der Waals surface area contributed by atoms with E-state index in [-0.39, 0.29) is 12.0 Å². The first-order valence-electron chi connectivity index (χ1n) is 6.45. The molecule has 0 bridgehead atoms. The predicted molar refractivity (Wildman–Crippen MR) is 70.5 cm³/mol. The number of rotatable bonds is 1. The van der Waals surface area contributed by atoms with Crippen LogP contribution in [0.2, 0.25) is 0 Å². The van der Waals surface area contributed by atoms with Gasteiger partial charge in [-0.05, 0) is 25.1 Å². The average Bonchev–Trinajstić information content (AvgIpc) is 2.42. The highest BCUT2D eigenvalue weighted by atomic mass is 19.2. The van der Waals surface area contributed by atoms with Gasteiger partial charge >= 0.3 is 0 Å². The maximum Gasteiger partial charge on any atom is 0.165 e. The lowest BCUT2D eigenvalue weighted by Crippen LogP contribution is -2.20. The fraction of sp³-hybridized carbons (Fsp3) is 0.250. The predicted octanol–water partition coefficient (Wildman–Crippen LogP) is 3.83. The maximum absolute atomic E-state index is 13.8. The molecule has 1 heterocycles. The Labute approximate surface area is 115 Å². The summed E-state index contributed by atoms with van der Waals surface area (Å²) in [4.78, 5) is 0. The molecule has 1 N–H and O–H groups in total. The molecule has 0 aromatic heterocycles. The lowest BCUT2D eigenvalue weighted by molar-refractivity contribution is 0.0636. The van der Waals surface area contributed by atoms with Gasteiger partial charge in [-0.1, -0.05) is 23.8 Å². The van der Waals surface area contributed by atoms with Crippen molar-refractivity contribution < 1.29 is 18.6 Å². The van der Waals surface area contributed by atoms with Gasteiger partial charge in [0.25, 0.3) is 0 Å². The van der Waals surface area contributed by atoms with Gasteiger partial charge in [0.05, 0.1) is 6.10 Å². The monoisotopic (exact) mass is 276 g/mol. The summed E-state index contributed by atoms with van der Waals surface area (Å²) in [5.74, 6) is -1.31. The molecule has 104 valence electrons. The first-order valence-corrected chi connectivity index (χ1v) is 6.45. The molecule has 0 fully saturated rings. The van der Waals surface area contributed by atoms with Gasteiger partial charge in [-0.25, -0.2) is 8.78 Å². The van der Waals surface area contributed by atoms with E-state index in [1.807, 2.05) is 19.1 Å². The third kappa shape index (κ3) is 2.16. The van der Waals surface area contributed by atoms with E-state index < -0.39 is 23.8 Å². The molecule has 4 heteroatoms. The summed E-state index contributed by atoms with van der Waals surface area (Å²) in [7, 11) is 0. The van der Waals surface area contributed by atoms with Crippen LogP contribution in [0.25, 0.3) is 0 Å². The minimum Gasteiger partial charge on any atom is -0.485 e. The van der Waals surface area contributed by atoms with E-state index in [1.54, 1.807) is 6.07 Å². The number of hydrogen-bond acceptors (Lipinski definition) is 2. The van der Waals surface area contributed by atoms with Crippen LogP contribution in [0.5, 0.6) is 5.75 Å². The van der Waals surface area contributed by atoms with Gasteiger partial charge in [-0.3, -0.25) is 0 Å². The van der Waals surface area contributed by atoms with Crippen LogP contribution in [-0.2, 0) is 0 Å². The van der Waals surface area contributed by atoms with Crippen molar-refractivity contribution in [2.75, 3.05) is 0 Å². The Kier molecular flexibility index (Phi) is 3.18. The normalized spacial score (nSPS) is 21.2. The van der Waals surface area contributed by atoms with E-state index in [0.29, 0.717) is 11.3 Å². The van der Waals surface area contributed by atoms with Gasteiger partial charge in [0.2, 0.25) is 0 Å². The summed E-state index contributed by atoms with van der Waals surface area (Å²) in [5, 5.41) is 10.2. The van der Waals surface area contributed by atoms with Crippen molar-refractivity contribution in [1.82, 2.24) is 0 Å². The van der Waals surface area contributed by atoms with Crippen LogP contribution in [-0.4, -0.2) is 5.11 Å². The lowest BCUT2D eigenvalue weighted by atomic mass is 9.94. The molecule has 2 aromatic carbocycles. The minimum absolute atomic E-state index is 0.135. The maximum atomic E-state index is 13.8. The van der Waals surface area contributed by atoms with Crippen molar-refractivity contribution in [2.45, 2.75) is 25.6 Å². The summed E-state index contributed by atoms with van der Waals surface area (Å²) in [6.45, 7) is 1.92. The molecular formula is C16H14F2O2. The van der Waals surface area contributed by atoms with E-state index in [0.717, 1.165) is 11.6 Å². The smallest absolute Gasteiger partial charge is 0.165 e. The summed E-state index contributed by atoms with van der Waals surface area (Å²) in [6.07, 6.45) is -1.22. The molecule has 0 amide bonds. The molecule has 1 aliphatic rings. The third-order valence-corrected chi connectivity index (χ3v) is 3.56. The van der Waals surface area contributed by atoms with Crippen LogP contribution in [0, 0.1) is 18.6 Å². The van der Waals surface area contributed by atoms with Crippen molar-refractivity contribution in [3.63, 3.8) is 0 Å². The number of halogens is 2. The highest BCUT2D eigenvalue weighted by Crippen LogP contribution is 2.41. The van der Waals surface area contributed by atoms with E-state index in [1.165, 1.54) is 12.1 Å². The number of ether oxygens (including phenoxy) is 1. The van der Waals surface area contributed by atoms with Gasteiger partial charge < -0.3 is 9.84 Å². The molecule has 3 rings (SSSR count). The molecule has 0 saturated carbocycles. The van der Waals surface area contributed by atoms with Crippen molar-refractivity contribution in [3.05, 3.63) is 64.7 Å². The highest BCUT2D eigenvalue weighted by Gasteiger charge is 2.30. The first-order chi connectivity index (χ1) is 9.56. The Hall–Kier alpha value is -1.94. The number of aliphatic hydroxyl groups excluding tert-OH is 1. The van der Waals surface area contributed by atoms with E-state index in [2.05, 4.69) is 0 Å². The highest BCUT2D eigenvalue weighted by molar-refractivity contribution is 5.41. The SMILES string of the molecule is Cc1ccc2c(c1)[C@H](O)CC(c1cccc(F)c1F)O2. The molecule has 0 saturated heterocycles. The van der Waals surface area contributed by atoms with Gasteiger partial charge in [0.15, 0.2) is 11.6 Å². The molecule has 2 nitrogen and oxygen atoms in total. The summed E-state index contributed by atoms with van der Waals surface area (Å²) in [5.41, 5.74) is 1.84. The van der Waals surface area contributed by atoms with Crippen LogP contribution >= 0.6 is 0 Å². The fourth-order valence-corrected chi connectivity index (χ4v) is 2.53. The van der Waals surface area contributed by atoms with Crippen LogP contribution in [0.3, 0.4) is 0 Å². The number of fused-ring (bicyclic) bond motifs is 1. The Bertz CT molecular complexity index is 655. The molecule has 0 aliphatic carbocycles. The minimum atomic E-state index is -0.916. The summed E-state index contributed by atoms with van der Waals surface area (Å²) < 4.78 is 32.8. The number of aryl methyl sites for hydroxylation is 1. The third-order valence-electron chi connectivity index (χ3n) is 3.56. The summed E-state index contributed by atoms with van der Waals surface area (Å²) >= 11 is 0. The first kappa shape index (κ1) is 13.1. The Balaban J connectivity index is 1.99. The van der Waals surface area contributed by atoms with Gasteiger partial charge in [-0.2, -0.15) is 0 Å². The van der Waals surface area contributed by atoms with E-state index >= 15 is 0 Å². The Morgan fingerprint density at radius 2 is 1.95 bits per heavy atom. The summed E-state index contributed by atoms with van der Waals surface area (Å²) in [6, 6.07) is 9.43. The molecule has 2 aromatic rings. The Morgan fingerprint density at radius 1 is 1.15 bits per heavy atom. The topological polar surface area (TPSA) is 29.5 Å². The largest absolute Gasteiger partial charge is 0.485 e. The number of aliphatic hydroxyl groups is 1. The number of benzene rings is 2. The number of hydrogen-bond donors (Lipinski definition) is 1. The van der Waals surface area contributed by atoms with Gasteiger partial charge in [0, 0.05) is 17.5 Å². The Morgan fingerprint density at radius 3 is 2.75 bits per heavy atom. The fourth-order valence-electron chi connectivity index (χ4n) is 2.53. The zero-order valence-corrected chi connectivity index (χ0v) is 10.9. The average molecular weight is 276 g/mol. The van der Waals surface area contributed by atoms with Crippen LogP contribution < -0.4 is 4.74 Å². The molecule has 0 radical (unpaired) electrons. The quantitative estimate of drug-likeness (QED) is 0.857. The second-order valence-electron chi connectivity index (χ2n) is 5.04. The van der Waals surface area contributed by atoms with Crippen molar-refractivity contribution in [2.24, 2.45) is 0 Å². The lowest BCUT2D eigenvalue weighted by Gasteiger charge is -2.30. The van der Waals surface area contributed by atoms with Crippen LogP contribution in [0.1, 0.15) is 35.3 Å². The molecule has 1 unspecified atom stereocenters. The van der Waals surface area contributed by atoms with Gasteiger partial charge in [0.1, 0.15) is 11.9 Å². The van der Waals surface area contributed by atoms with Crippen molar-refractivity contribution >= 4 is 0 Å². The van der Waals surface area contributed by atoms with E-state index in [4.69, 9.17) is 4.74 Å². The van der Waals surface area contributed by atoms with Crippen molar-refractivity contribution in [1.29, 1.82) is 0 Å². The van der Waals surface area contributed by atoms with E-state index in [9.17, 15) is 13.9 Å². The standard InChI is InChI=1S/C16H14F2O2/c1-9-5-6-14-11(7-9)13(19)8-15(20-14)10-3-2-4-12(17)16(10)18/h2-7,13,15,19H,8H2,1H3/t13-,15?/m1/s1. The molecule has 2 atom stereocenters. The van der Waals surface area contributed by atoms with Gasteiger partial charge in [-0.15, -0.1) is 0 Å². The van der Waals surface area contributed by atoms with Crippen LogP contribution in [0.4, 0.5) is 8.78 Å². The van der Waals surface area contributed by atoms with Crippen LogP contribution in [0.15, 0.2) is 36.4 Å². The molecular weight excluding hydrogens is 262 g/mol. The molecule has 20 heavy (non-hydrogen) atoms. The second kappa shape index (κ2) is 4.87. The zero-order chi connectivity index (χ0) is 14.3. The molecule has 1 aliphatic heterocycles. The van der Waals surface area contributed by atoms with Crippen molar-refractivity contribution in [3.8, 4) is 5.75 Å². The molecule has 0 spiro atoms. The second-order valence-corrected chi connectivity index (χ2v) is 5.04. The zero-order valence-electron chi connectivity index (χ0n) is 10.9.